The summed E-state index contributed by atoms with van der Waals surface area (Å²) in [4.78, 5) is 16.9. The van der Waals surface area contributed by atoms with Crippen LogP contribution in [0.5, 0.6) is 0 Å². The van der Waals surface area contributed by atoms with E-state index >= 15 is 0 Å². The molecule has 3 N–H and O–H groups in total. The number of aryl methyl sites for hydroxylation is 2. The van der Waals surface area contributed by atoms with Gasteiger partial charge in [0, 0.05) is 17.7 Å². The Kier molecular flexibility index (Phi) is 6.70. The van der Waals surface area contributed by atoms with Crippen LogP contribution in [0.1, 0.15) is 35.8 Å². The molecule has 27 heavy (non-hydrogen) atoms. The maximum absolute atomic E-state index is 12.4. The lowest BCUT2D eigenvalue weighted by Gasteiger charge is -2.09. The number of carbonyl (C=O) groups excluding carboxylic acids is 1. The van der Waals surface area contributed by atoms with Gasteiger partial charge in [-0.25, -0.2) is 9.67 Å². The predicted octanol–water partition coefficient (Wildman–Crippen LogP) is 2.31. The first kappa shape index (κ1) is 20.6. The van der Waals surface area contributed by atoms with Crippen molar-refractivity contribution in [2.45, 2.75) is 39.9 Å². The van der Waals surface area contributed by atoms with Gasteiger partial charge in [-0.2, -0.15) is 5.10 Å². The van der Waals surface area contributed by atoms with Gasteiger partial charge < -0.3 is 15.6 Å². The number of benzene rings is 1. The number of hydrogen-bond acceptors (Lipinski definition) is 6. The van der Waals surface area contributed by atoms with E-state index in [1.165, 1.54) is 0 Å². The smallest absolute Gasteiger partial charge is 0.242 e. The van der Waals surface area contributed by atoms with E-state index in [1.54, 1.807) is 4.68 Å². The minimum Gasteiger partial charge on any atom is -0.361 e. The molecule has 1 aromatic carbocycles. The third kappa shape index (κ3) is 4.72. The summed E-state index contributed by atoms with van der Waals surface area (Å²) in [5.41, 5.74) is 8.53. The molecule has 2 heterocycles. The lowest BCUT2D eigenvalue weighted by Crippen LogP contribution is -2.29. The number of nitrogens with zero attached hydrogens (tertiary/aromatic N) is 4. The van der Waals surface area contributed by atoms with Crippen LogP contribution in [0, 0.1) is 13.8 Å². The van der Waals surface area contributed by atoms with Crippen LogP contribution >= 0.6 is 12.4 Å². The highest BCUT2D eigenvalue weighted by atomic mass is 35.5. The minimum absolute atomic E-state index is 0. The van der Waals surface area contributed by atoms with Gasteiger partial charge in [0.05, 0.1) is 11.7 Å². The summed E-state index contributed by atoms with van der Waals surface area (Å²) in [7, 11) is 0. The number of nitrogens with one attached hydrogen (secondary N) is 1. The van der Waals surface area contributed by atoms with E-state index in [9.17, 15) is 4.79 Å². The van der Waals surface area contributed by atoms with Crippen molar-refractivity contribution in [1.82, 2.24) is 25.2 Å². The molecule has 9 heteroatoms. The Labute approximate surface area is 163 Å². The first-order chi connectivity index (χ1) is 12.5. The molecule has 0 aliphatic carbocycles. The number of amides is 1. The van der Waals surface area contributed by atoms with Crippen molar-refractivity contribution in [3.63, 3.8) is 0 Å². The normalized spacial score (nSPS) is 11.7. The second-order valence-corrected chi connectivity index (χ2v) is 6.19. The van der Waals surface area contributed by atoms with Crippen molar-refractivity contribution < 1.29 is 9.32 Å². The fraction of sp³-hybridized carbons (Fsp3) is 0.333. The third-order valence-electron chi connectivity index (χ3n) is 4.08. The van der Waals surface area contributed by atoms with Gasteiger partial charge in [-0.05, 0) is 20.8 Å². The van der Waals surface area contributed by atoms with Gasteiger partial charge >= 0.3 is 0 Å². The average Bonchev–Trinajstić information content (AvgIpc) is 3.18. The second kappa shape index (κ2) is 8.79. The van der Waals surface area contributed by atoms with E-state index in [4.69, 9.17) is 10.3 Å². The summed E-state index contributed by atoms with van der Waals surface area (Å²) in [6.45, 7) is 5.87. The highest BCUT2D eigenvalue weighted by Crippen LogP contribution is 2.18. The van der Waals surface area contributed by atoms with Crippen LogP contribution in [0.25, 0.3) is 11.4 Å². The first-order valence-corrected chi connectivity index (χ1v) is 8.40. The lowest BCUT2D eigenvalue weighted by atomic mass is 10.2. The summed E-state index contributed by atoms with van der Waals surface area (Å²) < 4.78 is 6.65. The van der Waals surface area contributed by atoms with Crippen molar-refractivity contribution in [2.75, 3.05) is 0 Å². The van der Waals surface area contributed by atoms with Gasteiger partial charge in [-0.1, -0.05) is 35.5 Å². The topological polar surface area (TPSA) is 112 Å². The van der Waals surface area contributed by atoms with Crippen LogP contribution in [0.3, 0.4) is 0 Å². The quantitative estimate of drug-likeness (QED) is 0.667. The standard InChI is InChI=1S/C18H22N6O2.ClH/c1-11(19)18-21-17(14-7-5-4-6-8-14)22-24(18)10-16(25)20-9-15-12(2)23-26-13(15)3;/h4-8,11H,9-10,19H2,1-3H3,(H,20,25);1H/t11-;/m0./s1. The van der Waals surface area contributed by atoms with E-state index in [1.807, 2.05) is 51.1 Å². The molecular formula is C18H23ClN6O2. The summed E-state index contributed by atoms with van der Waals surface area (Å²) in [5.74, 6) is 1.63. The number of nitrogens with two attached hydrogens (primary N) is 1. The Morgan fingerprint density at radius 2 is 2.00 bits per heavy atom. The Hall–Kier alpha value is -2.71. The fourth-order valence-corrected chi connectivity index (χ4v) is 2.65. The molecule has 0 saturated carbocycles. The maximum atomic E-state index is 12.4. The molecule has 144 valence electrons. The van der Waals surface area contributed by atoms with Crippen LogP contribution in [-0.2, 0) is 17.9 Å². The summed E-state index contributed by atoms with van der Waals surface area (Å²) in [5, 5.41) is 11.2. The van der Waals surface area contributed by atoms with Crippen molar-refractivity contribution in [3.8, 4) is 11.4 Å². The summed E-state index contributed by atoms with van der Waals surface area (Å²) in [6, 6.07) is 9.25. The van der Waals surface area contributed by atoms with E-state index in [2.05, 4.69) is 20.6 Å². The zero-order valence-corrected chi connectivity index (χ0v) is 16.3. The average molecular weight is 391 g/mol. The molecule has 0 spiro atoms. The number of carbonyl (C=O) groups is 1. The molecule has 3 aromatic rings. The van der Waals surface area contributed by atoms with Crippen LogP contribution in [-0.4, -0.2) is 25.8 Å². The van der Waals surface area contributed by atoms with Crippen LogP contribution in [0.15, 0.2) is 34.9 Å². The zero-order valence-electron chi connectivity index (χ0n) is 15.5. The van der Waals surface area contributed by atoms with Gasteiger partial charge in [0.15, 0.2) is 5.82 Å². The molecule has 8 nitrogen and oxygen atoms in total. The van der Waals surface area contributed by atoms with E-state index < -0.39 is 0 Å². The molecule has 2 aromatic heterocycles. The molecule has 0 aliphatic rings. The predicted molar refractivity (Wildman–Crippen MR) is 103 cm³/mol. The molecule has 0 unspecified atom stereocenters. The highest BCUT2D eigenvalue weighted by Gasteiger charge is 2.17. The van der Waals surface area contributed by atoms with Gasteiger partial charge in [0.2, 0.25) is 5.91 Å². The Bertz CT molecular complexity index is 884. The maximum Gasteiger partial charge on any atom is 0.242 e. The van der Waals surface area contributed by atoms with Gasteiger partial charge in [-0.3, -0.25) is 4.79 Å². The molecule has 0 radical (unpaired) electrons. The molecule has 0 fully saturated rings. The lowest BCUT2D eigenvalue weighted by molar-refractivity contribution is -0.122. The largest absolute Gasteiger partial charge is 0.361 e. The number of hydrogen-bond donors (Lipinski definition) is 2. The number of aromatic nitrogens is 4. The zero-order chi connectivity index (χ0) is 18.7. The monoisotopic (exact) mass is 390 g/mol. The molecule has 0 aliphatic heterocycles. The Balaban J connectivity index is 0.00000261. The minimum atomic E-state index is -0.338. The van der Waals surface area contributed by atoms with Crippen molar-refractivity contribution >= 4 is 18.3 Å². The van der Waals surface area contributed by atoms with Crippen LogP contribution in [0.4, 0.5) is 0 Å². The molecular weight excluding hydrogens is 368 g/mol. The van der Waals surface area contributed by atoms with Gasteiger partial charge in [0.25, 0.3) is 0 Å². The van der Waals surface area contributed by atoms with E-state index in [-0.39, 0.29) is 30.9 Å². The first-order valence-electron chi connectivity index (χ1n) is 8.40. The molecule has 1 atom stereocenters. The molecule has 0 saturated heterocycles. The molecule has 3 rings (SSSR count). The van der Waals surface area contributed by atoms with E-state index in [0.29, 0.717) is 24.0 Å². The van der Waals surface area contributed by atoms with Crippen LogP contribution in [0.2, 0.25) is 0 Å². The number of rotatable bonds is 6. The highest BCUT2D eigenvalue weighted by molar-refractivity contribution is 5.85. The van der Waals surface area contributed by atoms with Gasteiger partial charge in [0.1, 0.15) is 18.1 Å². The Morgan fingerprint density at radius 1 is 1.30 bits per heavy atom. The van der Waals surface area contributed by atoms with Crippen molar-refractivity contribution in [3.05, 3.63) is 53.2 Å². The van der Waals surface area contributed by atoms with Gasteiger partial charge in [-0.15, -0.1) is 12.4 Å². The van der Waals surface area contributed by atoms with Crippen molar-refractivity contribution in [1.29, 1.82) is 0 Å². The third-order valence-corrected chi connectivity index (χ3v) is 4.08. The second-order valence-electron chi connectivity index (χ2n) is 6.19. The Morgan fingerprint density at radius 3 is 2.59 bits per heavy atom. The molecule has 0 bridgehead atoms. The summed E-state index contributed by atoms with van der Waals surface area (Å²) in [6.07, 6.45) is 0. The van der Waals surface area contributed by atoms with Crippen molar-refractivity contribution in [2.24, 2.45) is 5.73 Å². The molecule has 1 amide bonds. The SMILES string of the molecule is Cc1noc(C)c1CNC(=O)Cn1nc(-c2ccccc2)nc1[C@H](C)N.Cl. The van der Waals surface area contributed by atoms with E-state index in [0.717, 1.165) is 16.8 Å². The van der Waals surface area contributed by atoms with Crippen LogP contribution < -0.4 is 11.1 Å². The summed E-state index contributed by atoms with van der Waals surface area (Å²) >= 11 is 0. The number of halogens is 1. The fourth-order valence-electron chi connectivity index (χ4n) is 2.65.